The van der Waals surface area contributed by atoms with E-state index in [4.69, 9.17) is 0 Å². The Morgan fingerprint density at radius 3 is 2.87 bits per heavy atom. The molecule has 118 valence electrons. The number of nitrogens with one attached hydrogen (secondary N) is 1. The van der Waals surface area contributed by atoms with Crippen LogP contribution < -0.4 is 10.2 Å². The molecule has 23 heavy (non-hydrogen) atoms. The Balaban J connectivity index is 1.72. The third-order valence-electron chi connectivity index (χ3n) is 3.62. The van der Waals surface area contributed by atoms with Gasteiger partial charge < -0.3 is 10.2 Å². The first-order valence-electron chi connectivity index (χ1n) is 7.03. The van der Waals surface area contributed by atoms with Crippen molar-refractivity contribution >= 4 is 33.4 Å². The number of anilines is 1. The molecule has 1 aliphatic heterocycles. The highest BCUT2D eigenvalue weighted by molar-refractivity contribution is 9.10. The second-order valence-corrected chi connectivity index (χ2v) is 6.06. The summed E-state index contributed by atoms with van der Waals surface area (Å²) in [7, 11) is 0. The second kappa shape index (κ2) is 6.45. The van der Waals surface area contributed by atoms with Crippen LogP contribution in [0.2, 0.25) is 0 Å². The van der Waals surface area contributed by atoms with Gasteiger partial charge in [-0.1, -0.05) is 12.1 Å². The number of pyridine rings is 1. The molecule has 0 saturated carbocycles. The van der Waals surface area contributed by atoms with Crippen molar-refractivity contribution in [2.75, 3.05) is 11.4 Å². The fourth-order valence-corrected chi connectivity index (χ4v) is 2.87. The molecule has 0 aliphatic carbocycles. The van der Waals surface area contributed by atoms with E-state index in [0.717, 1.165) is 0 Å². The van der Waals surface area contributed by atoms with E-state index < -0.39 is 11.9 Å². The number of hydrogen-bond acceptors (Lipinski definition) is 3. The van der Waals surface area contributed by atoms with Crippen molar-refractivity contribution in [3.05, 3.63) is 58.6 Å². The average molecular weight is 378 g/mol. The topological polar surface area (TPSA) is 62.3 Å². The van der Waals surface area contributed by atoms with Gasteiger partial charge in [0.2, 0.25) is 5.91 Å². The van der Waals surface area contributed by atoms with Crippen LogP contribution in [0.3, 0.4) is 0 Å². The normalized spacial score (nSPS) is 17.4. The number of nitrogens with zero attached hydrogens (tertiary/aromatic N) is 2. The van der Waals surface area contributed by atoms with E-state index in [2.05, 4.69) is 26.2 Å². The van der Waals surface area contributed by atoms with Crippen LogP contribution >= 0.6 is 15.9 Å². The molecule has 3 rings (SSSR count). The summed E-state index contributed by atoms with van der Waals surface area (Å²) in [5.74, 6) is -1.15. The van der Waals surface area contributed by atoms with Crippen LogP contribution in [0, 0.1) is 5.82 Å². The van der Waals surface area contributed by atoms with Gasteiger partial charge in [-0.3, -0.25) is 14.6 Å². The smallest absolute Gasteiger partial charge is 0.253 e. The number of carbonyl (C=O) groups excluding carboxylic acids is 2. The Labute approximate surface area is 140 Å². The summed E-state index contributed by atoms with van der Waals surface area (Å²) < 4.78 is 14.5. The summed E-state index contributed by atoms with van der Waals surface area (Å²) in [6, 6.07) is 7.05. The average Bonchev–Trinajstić information content (AvgIpc) is 2.89. The maximum Gasteiger partial charge on any atom is 0.253 e. The third-order valence-corrected chi connectivity index (χ3v) is 4.05. The van der Waals surface area contributed by atoms with Crippen LogP contribution in [0.4, 0.5) is 10.1 Å². The van der Waals surface area contributed by atoms with Crippen LogP contribution in [0.5, 0.6) is 0 Å². The van der Waals surface area contributed by atoms with Gasteiger partial charge in [0, 0.05) is 23.4 Å². The number of carbonyl (C=O) groups is 2. The van der Waals surface area contributed by atoms with Crippen LogP contribution in [-0.4, -0.2) is 29.4 Å². The summed E-state index contributed by atoms with van der Waals surface area (Å²) in [6.45, 7) is 0.363. The highest BCUT2D eigenvalue weighted by atomic mass is 79.9. The van der Waals surface area contributed by atoms with E-state index in [-0.39, 0.29) is 17.5 Å². The lowest BCUT2D eigenvalue weighted by Crippen LogP contribution is -2.41. The third kappa shape index (κ3) is 3.24. The molecule has 7 heteroatoms. The Morgan fingerprint density at radius 2 is 2.13 bits per heavy atom. The maximum absolute atomic E-state index is 13.8. The first-order valence-corrected chi connectivity index (χ1v) is 7.83. The van der Waals surface area contributed by atoms with Gasteiger partial charge in [-0.2, -0.15) is 0 Å². The predicted octanol–water partition coefficient (Wildman–Crippen LogP) is 2.52. The molecule has 1 aromatic heterocycles. The van der Waals surface area contributed by atoms with Gasteiger partial charge in [-0.25, -0.2) is 4.39 Å². The lowest BCUT2D eigenvalue weighted by molar-refractivity contribution is -0.118. The van der Waals surface area contributed by atoms with Gasteiger partial charge in [0.1, 0.15) is 11.9 Å². The van der Waals surface area contributed by atoms with Crippen LogP contribution in [-0.2, 0) is 4.79 Å². The van der Waals surface area contributed by atoms with Crippen molar-refractivity contribution in [3.63, 3.8) is 0 Å². The summed E-state index contributed by atoms with van der Waals surface area (Å²) in [5.41, 5.74) is 0.592. The number of para-hydroxylation sites is 1. The maximum atomic E-state index is 13.8. The number of rotatable bonds is 3. The van der Waals surface area contributed by atoms with Gasteiger partial charge in [-0.05, 0) is 40.5 Å². The minimum Gasteiger partial charge on any atom is -0.340 e. The van der Waals surface area contributed by atoms with Crippen molar-refractivity contribution in [1.82, 2.24) is 10.3 Å². The molecule has 1 aromatic carbocycles. The Morgan fingerprint density at radius 1 is 1.35 bits per heavy atom. The molecule has 1 saturated heterocycles. The van der Waals surface area contributed by atoms with Crippen LogP contribution in [0.15, 0.2) is 47.2 Å². The molecule has 2 amide bonds. The molecule has 1 atom stereocenters. The molecule has 0 bridgehead atoms. The molecule has 5 nitrogen and oxygen atoms in total. The Bertz CT molecular complexity index is 768. The van der Waals surface area contributed by atoms with Gasteiger partial charge in [0.25, 0.3) is 5.91 Å². The first-order chi connectivity index (χ1) is 11.1. The Kier molecular flexibility index (Phi) is 4.38. The van der Waals surface area contributed by atoms with Crippen molar-refractivity contribution < 1.29 is 14.0 Å². The summed E-state index contributed by atoms with van der Waals surface area (Å²) in [4.78, 5) is 29.9. The van der Waals surface area contributed by atoms with E-state index in [9.17, 15) is 14.0 Å². The summed E-state index contributed by atoms with van der Waals surface area (Å²) in [5, 5.41) is 2.68. The van der Waals surface area contributed by atoms with E-state index in [1.807, 2.05) is 0 Å². The largest absolute Gasteiger partial charge is 0.340 e. The number of amides is 2. The molecule has 1 fully saturated rings. The standard InChI is InChI=1S/C16H13BrFN3O2/c17-11-7-10(8-19-9-11)15(22)20-13-5-6-21(16(13)23)14-4-2-1-3-12(14)18/h1-4,7-9,13H,5-6H2,(H,20,22). The molecule has 1 unspecified atom stereocenters. The quantitative estimate of drug-likeness (QED) is 0.893. The van der Waals surface area contributed by atoms with Crippen LogP contribution in [0.1, 0.15) is 16.8 Å². The van der Waals surface area contributed by atoms with Gasteiger partial charge >= 0.3 is 0 Å². The highest BCUT2D eigenvalue weighted by Crippen LogP contribution is 2.24. The summed E-state index contributed by atoms with van der Waals surface area (Å²) in [6.07, 6.45) is 3.42. The van der Waals surface area contributed by atoms with Crippen molar-refractivity contribution in [2.45, 2.75) is 12.5 Å². The zero-order valence-electron chi connectivity index (χ0n) is 12.0. The molecule has 2 aromatic rings. The Hall–Kier alpha value is -2.28. The summed E-state index contributed by atoms with van der Waals surface area (Å²) >= 11 is 3.24. The van der Waals surface area contributed by atoms with E-state index in [0.29, 0.717) is 23.0 Å². The molecule has 0 radical (unpaired) electrons. The molecule has 2 heterocycles. The minimum absolute atomic E-state index is 0.235. The lowest BCUT2D eigenvalue weighted by Gasteiger charge is -2.17. The molecular formula is C16H13BrFN3O2. The van der Waals surface area contributed by atoms with E-state index in [1.54, 1.807) is 30.5 Å². The van der Waals surface area contributed by atoms with Crippen molar-refractivity contribution in [2.24, 2.45) is 0 Å². The van der Waals surface area contributed by atoms with Crippen molar-refractivity contribution in [1.29, 1.82) is 0 Å². The monoisotopic (exact) mass is 377 g/mol. The molecule has 1 aliphatic rings. The lowest BCUT2D eigenvalue weighted by atomic mass is 10.2. The fraction of sp³-hybridized carbons (Fsp3) is 0.188. The zero-order chi connectivity index (χ0) is 16.4. The highest BCUT2D eigenvalue weighted by Gasteiger charge is 2.34. The SMILES string of the molecule is O=C(NC1CCN(c2ccccc2F)C1=O)c1cncc(Br)c1. The van der Waals surface area contributed by atoms with E-state index in [1.165, 1.54) is 17.2 Å². The molecule has 0 spiro atoms. The minimum atomic E-state index is -0.666. The molecular weight excluding hydrogens is 365 g/mol. The predicted molar refractivity (Wildman–Crippen MR) is 86.6 cm³/mol. The number of benzene rings is 1. The van der Waals surface area contributed by atoms with Crippen molar-refractivity contribution in [3.8, 4) is 0 Å². The zero-order valence-corrected chi connectivity index (χ0v) is 13.6. The van der Waals surface area contributed by atoms with Gasteiger partial charge in [0.15, 0.2) is 0 Å². The second-order valence-electron chi connectivity index (χ2n) is 5.15. The van der Waals surface area contributed by atoms with Gasteiger partial charge in [0.05, 0.1) is 11.3 Å². The van der Waals surface area contributed by atoms with Gasteiger partial charge in [-0.15, -0.1) is 0 Å². The number of hydrogen-bond donors (Lipinski definition) is 1. The number of halogens is 2. The fourth-order valence-electron chi connectivity index (χ4n) is 2.50. The van der Waals surface area contributed by atoms with Crippen LogP contribution in [0.25, 0.3) is 0 Å². The first kappa shape index (κ1) is 15.6. The number of aromatic nitrogens is 1. The molecule has 1 N–H and O–H groups in total. The van der Waals surface area contributed by atoms with E-state index >= 15 is 0 Å².